The first-order chi connectivity index (χ1) is 65.4. The van der Waals surface area contributed by atoms with Crippen LogP contribution < -0.4 is 0 Å². The van der Waals surface area contributed by atoms with Gasteiger partial charge >= 0.3 is 0 Å². The molecule has 0 N–H and O–H groups in total. The molecule has 22 aromatic carbocycles. The van der Waals surface area contributed by atoms with E-state index in [1.807, 2.05) is 72.8 Å². The highest BCUT2D eigenvalue weighted by atomic mass is 15.0. The van der Waals surface area contributed by atoms with Crippen molar-refractivity contribution in [3.63, 3.8) is 0 Å². The molecule has 0 bridgehead atoms. The lowest BCUT2D eigenvalue weighted by Crippen LogP contribution is -2.00. The van der Waals surface area contributed by atoms with Crippen LogP contribution in [0.25, 0.3) is 265 Å². The van der Waals surface area contributed by atoms with Crippen molar-refractivity contribution in [2.24, 2.45) is 0 Å². The Morgan fingerprint density at radius 1 is 0.106 bits per heavy atom. The highest BCUT2D eigenvalue weighted by molar-refractivity contribution is 6.25. The van der Waals surface area contributed by atoms with Crippen molar-refractivity contribution >= 4 is 130 Å². The fourth-order valence-electron chi connectivity index (χ4n) is 20.0. The van der Waals surface area contributed by atoms with Crippen LogP contribution in [0.15, 0.2) is 467 Å². The van der Waals surface area contributed by atoms with Crippen LogP contribution >= 0.6 is 0 Å². The van der Waals surface area contributed by atoms with Gasteiger partial charge in [0.1, 0.15) is 0 Å². The Bertz CT molecular complexity index is 8480. The Morgan fingerprint density at radius 2 is 0.326 bits per heavy atom. The van der Waals surface area contributed by atoms with E-state index in [0.29, 0.717) is 23.3 Å². The van der Waals surface area contributed by atoms with Gasteiger partial charge in [0, 0.05) is 66.1 Å². The number of aromatic nitrogens is 7. The fraction of sp³-hybridized carbons (Fsp3) is 0. The van der Waals surface area contributed by atoms with Crippen LogP contribution in [0.3, 0.4) is 0 Å². The molecule has 7 heteroatoms. The standard InChI is InChI=1S/C63H39N3.C62H38N4/c1-3-17-41(18-4-1)59-39-60(42-19-5-2-6-20-42)66-63(65-59)43-33-31-40(32-34-43)54-37-58-56(55-35-44-21-7-9-23-46(44)48-25-11-13-27-50(48)55)38-61(64-62(58)53-30-16-15-29-52(53)54)57-36-45-22-8-10-24-47(45)49-26-12-14-28-51(49)57;1-3-17-40(18-4-1)60-64-61(41-19-5-2-6-20-41)66-62(65-60)42-33-31-39(32-34-42)53-37-57-55(54-35-43-21-7-9-23-45(43)47-25-11-13-27-49(47)54)38-58(63-59(57)52-30-16-15-29-51(52)53)56-36-44-22-8-10-24-46(44)48-26-12-14-28-50(48)56/h1-39H;1-38H. The predicted octanol–water partition coefficient (Wildman–Crippen LogP) is 33.0. The van der Waals surface area contributed by atoms with E-state index in [0.717, 1.165) is 144 Å². The Hall–Kier alpha value is -17.7. The van der Waals surface area contributed by atoms with Crippen molar-refractivity contribution in [1.82, 2.24) is 34.9 Å². The molecular weight excluding hydrogens is 1600 g/mol. The van der Waals surface area contributed by atoms with E-state index in [-0.39, 0.29) is 0 Å². The third kappa shape index (κ3) is 13.6. The van der Waals surface area contributed by atoms with Gasteiger partial charge in [0.15, 0.2) is 23.3 Å². The third-order valence-corrected chi connectivity index (χ3v) is 26.3. The number of rotatable bonds is 12. The number of pyridine rings is 2. The minimum atomic E-state index is 0.626. The van der Waals surface area contributed by atoms with Gasteiger partial charge in [-0.1, -0.05) is 413 Å². The Balaban J connectivity index is 0.000000142. The molecule has 0 spiro atoms. The molecular formula is C125H77N7. The molecule has 0 aliphatic rings. The summed E-state index contributed by atoms with van der Waals surface area (Å²) in [6, 6.07) is 167. The summed E-state index contributed by atoms with van der Waals surface area (Å²) in [4.78, 5) is 36.6. The lowest BCUT2D eigenvalue weighted by molar-refractivity contribution is 1.07. The molecule has 0 amide bonds. The summed E-state index contributed by atoms with van der Waals surface area (Å²) >= 11 is 0. The second-order valence-electron chi connectivity index (χ2n) is 34.0. The highest BCUT2D eigenvalue weighted by Crippen LogP contribution is 2.49. The predicted molar refractivity (Wildman–Crippen MR) is 553 cm³/mol. The molecule has 7 nitrogen and oxygen atoms in total. The number of fused-ring (bicyclic) bond motifs is 18. The number of hydrogen-bond donors (Lipinski definition) is 0. The van der Waals surface area contributed by atoms with Gasteiger partial charge in [0.05, 0.1) is 33.8 Å². The summed E-state index contributed by atoms with van der Waals surface area (Å²) in [5.74, 6) is 2.59. The fourth-order valence-corrected chi connectivity index (χ4v) is 20.0. The van der Waals surface area contributed by atoms with E-state index in [9.17, 15) is 0 Å². The van der Waals surface area contributed by atoms with Gasteiger partial charge in [-0.3, -0.25) is 0 Å². The Labute approximate surface area is 761 Å². The number of benzene rings is 22. The number of nitrogens with zero attached hydrogens (tertiary/aromatic N) is 7. The first-order valence-electron chi connectivity index (χ1n) is 44.9. The summed E-state index contributed by atoms with van der Waals surface area (Å²) in [7, 11) is 0. The quantitative estimate of drug-likeness (QED) is 0.113. The molecule has 26 aromatic rings. The molecule has 0 unspecified atom stereocenters. The van der Waals surface area contributed by atoms with Crippen LogP contribution in [0.2, 0.25) is 0 Å². The second-order valence-corrected chi connectivity index (χ2v) is 34.0. The Kier molecular flexibility index (Phi) is 18.8. The summed E-state index contributed by atoms with van der Waals surface area (Å²) in [6.07, 6.45) is 0. The number of hydrogen-bond acceptors (Lipinski definition) is 7. The molecule has 4 aromatic heterocycles. The van der Waals surface area contributed by atoms with Crippen LogP contribution in [-0.2, 0) is 0 Å². The first-order valence-corrected chi connectivity index (χ1v) is 44.9. The monoisotopic (exact) mass is 1680 g/mol. The van der Waals surface area contributed by atoms with Crippen LogP contribution in [0.1, 0.15) is 0 Å². The van der Waals surface area contributed by atoms with Gasteiger partial charge in [-0.15, -0.1) is 0 Å². The third-order valence-electron chi connectivity index (χ3n) is 26.3. The molecule has 0 saturated heterocycles. The minimum Gasteiger partial charge on any atom is -0.247 e. The molecule has 26 rings (SSSR count). The van der Waals surface area contributed by atoms with Crippen molar-refractivity contribution in [3.8, 4) is 135 Å². The molecule has 0 aliphatic heterocycles. The molecule has 132 heavy (non-hydrogen) atoms. The largest absolute Gasteiger partial charge is 0.247 e. The van der Waals surface area contributed by atoms with E-state index in [1.54, 1.807) is 0 Å². The molecule has 0 radical (unpaired) electrons. The molecule has 0 fully saturated rings. The molecule has 4 heterocycles. The van der Waals surface area contributed by atoms with Crippen molar-refractivity contribution in [3.05, 3.63) is 467 Å². The highest BCUT2D eigenvalue weighted by Gasteiger charge is 2.25. The lowest BCUT2D eigenvalue weighted by atomic mass is 9.87. The molecule has 0 saturated carbocycles. The Morgan fingerprint density at radius 3 is 0.644 bits per heavy atom. The van der Waals surface area contributed by atoms with Crippen LogP contribution in [0, 0.1) is 0 Å². The normalized spacial score (nSPS) is 11.6. The second kappa shape index (κ2) is 32.3. The van der Waals surface area contributed by atoms with Crippen molar-refractivity contribution in [1.29, 1.82) is 0 Å². The average Bonchev–Trinajstić information content (AvgIpc) is 0.725. The van der Waals surface area contributed by atoms with Crippen LogP contribution in [0.5, 0.6) is 0 Å². The zero-order valence-electron chi connectivity index (χ0n) is 71.6. The van der Waals surface area contributed by atoms with Crippen molar-refractivity contribution in [2.75, 3.05) is 0 Å². The van der Waals surface area contributed by atoms with Crippen molar-refractivity contribution < 1.29 is 0 Å². The lowest BCUT2D eigenvalue weighted by Gasteiger charge is -2.18. The van der Waals surface area contributed by atoms with Gasteiger partial charge in [-0.2, -0.15) is 0 Å². The zero-order chi connectivity index (χ0) is 87.1. The maximum atomic E-state index is 5.70. The smallest absolute Gasteiger partial charge is 0.164 e. The maximum absolute atomic E-state index is 5.70. The molecule has 0 atom stereocenters. The topological polar surface area (TPSA) is 90.2 Å². The van der Waals surface area contributed by atoms with Gasteiger partial charge < -0.3 is 0 Å². The van der Waals surface area contributed by atoms with Gasteiger partial charge in [-0.25, -0.2) is 34.9 Å². The molecule has 0 aliphatic carbocycles. The maximum Gasteiger partial charge on any atom is 0.164 e. The summed E-state index contributed by atoms with van der Waals surface area (Å²) < 4.78 is 0. The van der Waals surface area contributed by atoms with Gasteiger partial charge in [0.2, 0.25) is 0 Å². The molecule has 612 valence electrons. The van der Waals surface area contributed by atoms with E-state index >= 15 is 0 Å². The first kappa shape index (κ1) is 76.8. The van der Waals surface area contributed by atoms with Gasteiger partial charge in [-0.05, 0) is 196 Å². The van der Waals surface area contributed by atoms with E-state index in [2.05, 4.69) is 394 Å². The zero-order valence-corrected chi connectivity index (χ0v) is 71.6. The van der Waals surface area contributed by atoms with Gasteiger partial charge in [0.25, 0.3) is 0 Å². The van der Waals surface area contributed by atoms with E-state index in [4.69, 9.17) is 34.9 Å². The van der Waals surface area contributed by atoms with E-state index in [1.165, 1.54) is 97.3 Å². The summed E-state index contributed by atoms with van der Waals surface area (Å²) in [5, 5.41) is 26.2. The summed E-state index contributed by atoms with van der Waals surface area (Å²) in [5.41, 5.74) is 22.9. The minimum absolute atomic E-state index is 0.626. The SMILES string of the molecule is c1ccc(-c2cc(-c3ccccc3)nc(-c3ccc(-c4cc5c(-c6cc7ccccc7c7ccccc67)cc(-c6cc7ccccc7c7ccccc67)nc5c5ccccc45)cc3)n2)cc1.c1ccc(-c2nc(-c3ccccc3)nc(-c3ccc(-c4cc5c(-c6cc7ccccc7c7ccccc67)cc(-c6cc7ccccc7c7ccccc67)nc5c5ccccc45)cc3)n2)cc1. The van der Waals surface area contributed by atoms with Crippen molar-refractivity contribution in [2.45, 2.75) is 0 Å². The van der Waals surface area contributed by atoms with E-state index < -0.39 is 0 Å². The van der Waals surface area contributed by atoms with Crippen LogP contribution in [-0.4, -0.2) is 34.9 Å². The van der Waals surface area contributed by atoms with Crippen LogP contribution in [0.4, 0.5) is 0 Å². The average molecular weight is 1680 g/mol. The summed E-state index contributed by atoms with van der Waals surface area (Å²) in [6.45, 7) is 0.